The zero-order valence-electron chi connectivity index (χ0n) is 12.1. The van der Waals surface area contributed by atoms with E-state index in [0.717, 1.165) is 7.69 Å². The van der Waals surface area contributed by atoms with Gasteiger partial charge in [-0.05, 0) is 35.4 Å². The summed E-state index contributed by atoms with van der Waals surface area (Å²) >= 11 is 0. The summed E-state index contributed by atoms with van der Waals surface area (Å²) in [6.07, 6.45) is -0.176. The van der Waals surface area contributed by atoms with Crippen LogP contribution in [0.5, 0.6) is 11.5 Å². The van der Waals surface area contributed by atoms with Crippen LogP contribution in [0.25, 0.3) is 0 Å². The molecular formula is C16H14BO6. The Kier molecular flexibility index (Phi) is 5.63. The maximum Gasteiger partial charge on any atom is 0.658 e. The number of carboxylic acids is 2. The molecule has 2 N–H and O–H groups in total. The second-order valence-corrected chi connectivity index (χ2v) is 4.77. The van der Waals surface area contributed by atoms with Crippen LogP contribution < -0.4 is 9.31 Å². The number of carboxylic acid groups (broad SMARTS) is 2. The van der Waals surface area contributed by atoms with Gasteiger partial charge < -0.3 is 19.5 Å². The third-order valence-corrected chi connectivity index (χ3v) is 2.88. The number of benzene rings is 2. The molecular weight excluding hydrogens is 299 g/mol. The van der Waals surface area contributed by atoms with Crippen LogP contribution in [0.2, 0.25) is 0 Å². The molecule has 0 atom stereocenters. The minimum atomic E-state index is -0.919. The highest BCUT2D eigenvalue weighted by Gasteiger charge is 2.06. The van der Waals surface area contributed by atoms with E-state index in [9.17, 15) is 9.59 Å². The van der Waals surface area contributed by atoms with Crippen molar-refractivity contribution in [3.8, 4) is 11.5 Å². The van der Waals surface area contributed by atoms with Gasteiger partial charge in [0.15, 0.2) is 0 Å². The van der Waals surface area contributed by atoms with Gasteiger partial charge >= 0.3 is 19.6 Å². The molecule has 117 valence electrons. The molecule has 0 saturated heterocycles. The summed E-state index contributed by atoms with van der Waals surface area (Å²) in [7, 11) is 1.11. The normalized spacial score (nSPS) is 9.91. The Hall–Kier alpha value is -2.96. The average molecular weight is 313 g/mol. The van der Waals surface area contributed by atoms with E-state index in [-0.39, 0.29) is 12.8 Å². The maximum absolute atomic E-state index is 10.7. The Morgan fingerprint density at radius 3 is 1.65 bits per heavy atom. The molecule has 7 heteroatoms. The summed E-state index contributed by atoms with van der Waals surface area (Å²) in [6.45, 7) is 0. The second kappa shape index (κ2) is 7.88. The van der Waals surface area contributed by atoms with Gasteiger partial charge in [0.2, 0.25) is 0 Å². The minimum Gasteiger partial charge on any atom is -0.526 e. The Bertz CT molecular complexity index is 641. The van der Waals surface area contributed by atoms with Crippen molar-refractivity contribution in [2.75, 3.05) is 0 Å². The maximum atomic E-state index is 10.7. The quantitative estimate of drug-likeness (QED) is 0.723. The van der Waals surface area contributed by atoms with E-state index >= 15 is 0 Å². The van der Waals surface area contributed by atoms with E-state index < -0.39 is 11.9 Å². The second-order valence-electron chi connectivity index (χ2n) is 4.77. The lowest BCUT2D eigenvalue weighted by atomic mass is 10.1. The monoisotopic (exact) mass is 313 g/mol. The van der Waals surface area contributed by atoms with E-state index in [4.69, 9.17) is 19.5 Å². The van der Waals surface area contributed by atoms with E-state index in [0.29, 0.717) is 22.6 Å². The molecule has 2 aromatic rings. The standard InChI is InChI=1S/C16H14BO6/c18-15(19)9-11-3-1-5-13(7-11)22-17-23-14-6-2-4-12(8-14)10-16(20)21/h1-8H,9-10H2,(H,18,19)(H,20,21). The van der Waals surface area contributed by atoms with Crippen molar-refractivity contribution in [1.29, 1.82) is 0 Å². The SMILES string of the molecule is O=C(O)Cc1cccc(O[B]Oc2cccc(CC(=O)O)c2)c1. The lowest BCUT2D eigenvalue weighted by Gasteiger charge is -2.08. The molecule has 0 aliphatic carbocycles. The first-order valence-corrected chi connectivity index (χ1v) is 6.79. The Morgan fingerprint density at radius 1 is 0.826 bits per heavy atom. The van der Waals surface area contributed by atoms with E-state index in [2.05, 4.69) is 0 Å². The van der Waals surface area contributed by atoms with Gasteiger partial charge in [0.05, 0.1) is 12.8 Å². The highest BCUT2D eigenvalue weighted by Crippen LogP contribution is 2.16. The van der Waals surface area contributed by atoms with Crippen LogP contribution in [0.1, 0.15) is 11.1 Å². The van der Waals surface area contributed by atoms with Gasteiger partial charge in [-0.3, -0.25) is 9.59 Å². The highest BCUT2D eigenvalue weighted by atomic mass is 16.6. The molecule has 0 heterocycles. The number of aliphatic carboxylic acids is 2. The molecule has 0 fully saturated rings. The first-order valence-electron chi connectivity index (χ1n) is 6.79. The predicted molar refractivity (Wildman–Crippen MR) is 82.6 cm³/mol. The fourth-order valence-corrected chi connectivity index (χ4v) is 1.94. The highest BCUT2D eigenvalue weighted by molar-refractivity contribution is 6.20. The molecule has 0 bridgehead atoms. The van der Waals surface area contributed by atoms with Crippen molar-refractivity contribution in [2.45, 2.75) is 12.8 Å². The van der Waals surface area contributed by atoms with Gasteiger partial charge in [0.25, 0.3) is 0 Å². The van der Waals surface area contributed by atoms with Crippen molar-refractivity contribution in [3.05, 3.63) is 59.7 Å². The van der Waals surface area contributed by atoms with Gasteiger partial charge in [-0.25, -0.2) is 0 Å². The van der Waals surface area contributed by atoms with Crippen LogP contribution in [0.4, 0.5) is 0 Å². The lowest BCUT2D eigenvalue weighted by molar-refractivity contribution is -0.137. The summed E-state index contributed by atoms with van der Waals surface area (Å²) in [5.74, 6) is -0.939. The summed E-state index contributed by atoms with van der Waals surface area (Å²) in [4.78, 5) is 21.3. The zero-order valence-corrected chi connectivity index (χ0v) is 12.1. The first kappa shape index (κ1) is 16.4. The summed E-state index contributed by atoms with van der Waals surface area (Å²) in [5.41, 5.74) is 1.23. The summed E-state index contributed by atoms with van der Waals surface area (Å²) in [5, 5.41) is 17.5. The Morgan fingerprint density at radius 2 is 1.26 bits per heavy atom. The van der Waals surface area contributed by atoms with Crippen LogP contribution in [0, 0.1) is 0 Å². The number of hydrogen-bond acceptors (Lipinski definition) is 4. The molecule has 0 amide bonds. The average Bonchev–Trinajstić information content (AvgIpc) is 2.46. The van der Waals surface area contributed by atoms with E-state index in [1.165, 1.54) is 0 Å². The van der Waals surface area contributed by atoms with Gasteiger partial charge in [-0.15, -0.1) is 0 Å². The van der Waals surface area contributed by atoms with Gasteiger partial charge in [0.1, 0.15) is 11.5 Å². The molecule has 0 aliphatic rings. The largest absolute Gasteiger partial charge is 0.658 e. The van der Waals surface area contributed by atoms with Gasteiger partial charge in [0, 0.05) is 0 Å². The zero-order chi connectivity index (χ0) is 16.7. The van der Waals surface area contributed by atoms with Crippen molar-refractivity contribution in [3.63, 3.8) is 0 Å². The number of hydrogen-bond donors (Lipinski definition) is 2. The van der Waals surface area contributed by atoms with Gasteiger partial charge in [-0.1, -0.05) is 24.3 Å². The molecule has 2 aromatic carbocycles. The molecule has 1 radical (unpaired) electrons. The molecule has 6 nitrogen and oxygen atoms in total. The fraction of sp³-hybridized carbons (Fsp3) is 0.125. The molecule has 0 aliphatic heterocycles. The summed E-state index contributed by atoms with van der Waals surface area (Å²) in [6, 6.07) is 13.3. The van der Waals surface area contributed by atoms with Crippen LogP contribution >= 0.6 is 0 Å². The van der Waals surface area contributed by atoms with Crippen LogP contribution in [0.3, 0.4) is 0 Å². The number of rotatable bonds is 8. The third-order valence-electron chi connectivity index (χ3n) is 2.88. The predicted octanol–water partition coefficient (Wildman–Crippen LogP) is 1.93. The van der Waals surface area contributed by atoms with Gasteiger partial charge in [-0.2, -0.15) is 0 Å². The Balaban J connectivity index is 1.89. The van der Waals surface area contributed by atoms with E-state index in [1.807, 2.05) is 0 Å². The van der Waals surface area contributed by atoms with Crippen LogP contribution in [-0.4, -0.2) is 29.8 Å². The fourth-order valence-electron chi connectivity index (χ4n) is 1.94. The molecule has 0 saturated carbocycles. The Labute approximate surface area is 133 Å². The molecule has 0 unspecified atom stereocenters. The topological polar surface area (TPSA) is 93.1 Å². The molecule has 0 aromatic heterocycles. The summed E-state index contributed by atoms with van der Waals surface area (Å²) < 4.78 is 10.6. The first-order chi connectivity index (χ1) is 11.0. The third kappa shape index (κ3) is 5.74. The molecule has 2 rings (SSSR count). The van der Waals surface area contributed by atoms with Crippen LogP contribution in [-0.2, 0) is 22.4 Å². The van der Waals surface area contributed by atoms with Crippen LogP contribution in [0.15, 0.2) is 48.5 Å². The van der Waals surface area contributed by atoms with Crippen molar-refractivity contribution < 1.29 is 29.1 Å². The van der Waals surface area contributed by atoms with Crippen molar-refractivity contribution in [2.24, 2.45) is 0 Å². The van der Waals surface area contributed by atoms with Crippen molar-refractivity contribution >= 4 is 19.6 Å². The van der Waals surface area contributed by atoms with E-state index in [1.54, 1.807) is 48.5 Å². The van der Waals surface area contributed by atoms with Crippen molar-refractivity contribution in [1.82, 2.24) is 0 Å². The lowest BCUT2D eigenvalue weighted by Crippen LogP contribution is -2.11. The minimum absolute atomic E-state index is 0.0880. The molecule has 0 spiro atoms. The smallest absolute Gasteiger partial charge is 0.526 e. The number of carbonyl (C=O) groups is 2. The molecule has 23 heavy (non-hydrogen) atoms.